The molecule has 2 atom stereocenters. The Morgan fingerprint density at radius 2 is 1.54 bits per heavy atom. The summed E-state index contributed by atoms with van der Waals surface area (Å²) in [5.41, 5.74) is 0.474. The van der Waals surface area contributed by atoms with Crippen LogP contribution in [0.15, 0.2) is 36.1 Å². The minimum Gasteiger partial charge on any atom is -0.486 e. The molecule has 4 N–H and O–H groups in total. The van der Waals surface area contributed by atoms with E-state index in [1.54, 1.807) is 30.3 Å². The summed E-state index contributed by atoms with van der Waals surface area (Å²) < 4.78 is 15.3. The molecule has 8 nitrogen and oxygen atoms in total. The molecule has 0 aliphatic heterocycles. The summed E-state index contributed by atoms with van der Waals surface area (Å²) in [6, 6.07) is 8.47. The number of carbonyl (C=O) groups is 1. The largest absolute Gasteiger partial charge is 0.486 e. The third-order valence-electron chi connectivity index (χ3n) is 2.87. The van der Waals surface area contributed by atoms with Gasteiger partial charge in [-0.1, -0.05) is 30.3 Å². The number of aliphatic hydroxyl groups excluding tert-OH is 4. The quantitative estimate of drug-likeness (QED) is 0.249. The molecule has 1 rings (SSSR count). The fraction of sp³-hybridized carbons (Fsp3) is 0.438. The van der Waals surface area contributed by atoms with Crippen LogP contribution in [0.3, 0.4) is 0 Å². The maximum Gasteiger partial charge on any atom is 0.377 e. The van der Waals surface area contributed by atoms with E-state index in [2.05, 4.69) is 4.74 Å². The number of esters is 1. The molecule has 0 amide bonds. The highest BCUT2D eigenvalue weighted by molar-refractivity contribution is 5.94. The smallest absolute Gasteiger partial charge is 0.377 e. The Bertz CT molecular complexity index is 528. The molecule has 0 aliphatic carbocycles. The molecule has 134 valence electrons. The number of aliphatic hydroxyl groups is 4. The van der Waals surface area contributed by atoms with Gasteiger partial charge in [0.1, 0.15) is 25.4 Å². The van der Waals surface area contributed by atoms with Crippen LogP contribution in [0.4, 0.5) is 0 Å². The van der Waals surface area contributed by atoms with Crippen LogP contribution in [-0.2, 0) is 19.0 Å². The van der Waals surface area contributed by atoms with Gasteiger partial charge in [-0.2, -0.15) is 0 Å². The molecule has 1 aromatic rings. The van der Waals surface area contributed by atoms with Crippen molar-refractivity contribution in [2.75, 3.05) is 33.5 Å². The molecule has 0 saturated heterocycles. The van der Waals surface area contributed by atoms with Crippen LogP contribution in [0.2, 0.25) is 0 Å². The normalized spacial score (nSPS) is 14.4. The highest BCUT2D eigenvalue weighted by atomic mass is 16.6. The van der Waals surface area contributed by atoms with Crippen molar-refractivity contribution >= 4 is 11.7 Å². The lowest BCUT2D eigenvalue weighted by molar-refractivity contribution is -0.141. The molecule has 0 fully saturated rings. The zero-order valence-electron chi connectivity index (χ0n) is 13.3. The van der Waals surface area contributed by atoms with Gasteiger partial charge in [0.05, 0.1) is 20.3 Å². The van der Waals surface area contributed by atoms with Gasteiger partial charge in [-0.25, -0.2) is 4.79 Å². The molecule has 24 heavy (non-hydrogen) atoms. The summed E-state index contributed by atoms with van der Waals surface area (Å²) in [4.78, 5) is 12.0. The Morgan fingerprint density at radius 1 is 1.00 bits per heavy atom. The van der Waals surface area contributed by atoms with Crippen molar-refractivity contribution in [1.82, 2.24) is 0 Å². The van der Waals surface area contributed by atoms with Crippen molar-refractivity contribution in [3.63, 3.8) is 0 Å². The van der Waals surface area contributed by atoms with E-state index in [1.807, 2.05) is 0 Å². The fourth-order valence-electron chi connectivity index (χ4n) is 1.64. The number of benzene rings is 1. The van der Waals surface area contributed by atoms with E-state index in [4.69, 9.17) is 19.7 Å². The minimum absolute atomic E-state index is 0.0138. The number of hydrogen-bond acceptors (Lipinski definition) is 8. The van der Waals surface area contributed by atoms with Crippen LogP contribution >= 0.6 is 0 Å². The lowest BCUT2D eigenvalue weighted by Crippen LogP contribution is -2.24. The highest BCUT2D eigenvalue weighted by Crippen LogP contribution is 2.22. The Balaban J connectivity index is 3.18. The van der Waals surface area contributed by atoms with Crippen molar-refractivity contribution in [3.05, 3.63) is 41.7 Å². The first kappa shape index (κ1) is 19.9. The predicted octanol–water partition coefficient (Wildman–Crippen LogP) is -0.732. The SMILES string of the molecule is COC(=O)C(OCC(O)CO)=C(OCC(O)CO)c1ccccc1. The summed E-state index contributed by atoms with van der Waals surface area (Å²) in [5.74, 6) is -1.18. The van der Waals surface area contributed by atoms with Gasteiger partial charge >= 0.3 is 5.97 Å². The predicted molar refractivity (Wildman–Crippen MR) is 83.5 cm³/mol. The lowest BCUT2D eigenvalue weighted by atomic mass is 10.1. The maximum absolute atomic E-state index is 12.0. The fourth-order valence-corrected chi connectivity index (χ4v) is 1.64. The van der Waals surface area contributed by atoms with Crippen molar-refractivity contribution in [1.29, 1.82) is 0 Å². The minimum atomic E-state index is -1.19. The molecular weight excluding hydrogens is 320 g/mol. The summed E-state index contributed by atoms with van der Waals surface area (Å²) >= 11 is 0. The van der Waals surface area contributed by atoms with Crippen LogP contribution < -0.4 is 0 Å². The van der Waals surface area contributed by atoms with Crippen LogP contribution in [0.5, 0.6) is 0 Å². The summed E-state index contributed by atoms with van der Waals surface area (Å²) in [6.45, 7) is -1.70. The summed E-state index contributed by atoms with van der Waals surface area (Å²) in [5, 5.41) is 36.6. The lowest BCUT2D eigenvalue weighted by Gasteiger charge is -2.18. The molecule has 0 bridgehead atoms. The summed E-state index contributed by atoms with van der Waals surface area (Å²) in [7, 11) is 1.15. The van der Waals surface area contributed by atoms with Gasteiger partial charge in [-0.15, -0.1) is 0 Å². The van der Waals surface area contributed by atoms with Gasteiger partial charge in [0.15, 0.2) is 5.76 Å². The molecule has 0 aromatic heterocycles. The average Bonchev–Trinajstić information content (AvgIpc) is 2.63. The molecule has 8 heteroatoms. The van der Waals surface area contributed by atoms with E-state index < -0.39 is 31.4 Å². The van der Waals surface area contributed by atoms with Crippen LogP contribution in [0.25, 0.3) is 5.76 Å². The zero-order chi connectivity index (χ0) is 17.9. The molecule has 1 aromatic carbocycles. The van der Waals surface area contributed by atoms with E-state index >= 15 is 0 Å². The zero-order valence-corrected chi connectivity index (χ0v) is 13.3. The van der Waals surface area contributed by atoms with Gasteiger partial charge in [-0.3, -0.25) is 0 Å². The van der Waals surface area contributed by atoms with Gasteiger partial charge in [0.25, 0.3) is 0 Å². The standard InChI is InChI=1S/C16H22O8/c1-22-16(21)15(24-10-13(20)8-18)14(23-9-12(19)7-17)11-5-3-2-4-6-11/h2-6,12-13,17-20H,7-10H2,1H3. The monoisotopic (exact) mass is 342 g/mol. The van der Waals surface area contributed by atoms with Crippen molar-refractivity contribution in [2.45, 2.75) is 12.2 Å². The second-order valence-electron chi connectivity index (χ2n) is 4.81. The van der Waals surface area contributed by atoms with Crippen LogP contribution in [0.1, 0.15) is 5.56 Å². The Kier molecular flexibility index (Phi) is 8.80. The number of carbonyl (C=O) groups excluding carboxylic acids is 1. The summed E-state index contributed by atoms with van der Waals surface area (Å²) in [6.07, 6.45) is -2.34. The topological polar surface area (TPSA) is 126 Å². The van der Waals surface area contributed by atoms with Gasteiger partial charge in [-0.05, 0) is 0 Å². The number of ether oxygens (including phenoxy) is 3. The molecular formula is C16H22O8. The first-order valence-corrected chi connectivity index (χ1v) is 7.24. The van der Waals surface area contributed by atoms with Crippen molar-refractivity contribution < 1.29 is 39.4 Å². The Labute approximate surface area is 139 Å². The molecule has 0 aliphatic rings. The highest BCUT2D eigenvalue weighted by Gasteiger charge is 2.23. The van der Waals surface area contributed by atoms with Gasteiger partial charge in [0.2, 0.25) is 5.76 Å². The molecule has 0 heterocycles. The van der Waals surface area contributed by atoms with E-state index in [-0.39, 0.29) is 24.7 Å². The molecule has 0 radical (unpaired) electrons. The second-order valence-corrected chi connectivity index (χ2v) is 4.81. The van der Waals surface area contributed by atoms with E-state index in [0.29, 0.717) is 5.56 Å². The van der Waals surface area contributed by atoms with Gasteiger partial charge in [0, 0.05) is 5.56 Å². The molecule has 0 spiro atoms. The van der Waals surface area contributed by atoms with Crippen LogP contribution in [-0.4, -0.2) is 72.1 Å². The van der Waals surface area contributed by atoms with E-state index in [9.17, 15) is 15.0 Å². The van der Waals surface area contributed by atoms with Crippen LogP contribution in [0, 0.1) is 0 Å². The average molecular weight is 342 g/mol. The Hall–Kier alpha value is -2.13. The number of rotatable bonds is 10. The number of methoxy groups -OCH3 is 1. The number of hydrogen-bond donors (Lipinski definition) is 4. The van der Waals surface area contributed by atoms with Gasteiger partial charge < -0.3 is 34.6 Å². The third-order valence-corrected chi connectivity index (χ3v) is 2.87. The molecule has 0 saturated carbocycles. The Morgan fingerprint density at radius 3 is 2.04 bits per heavy atom. The van der Waals surface area contributed by atoms with Crippen molar-refractivity contribution in [2.24, 2.45) is 0 Å². The molecule has 2 unspecified atom stereocenters. The second kappa shape index (κ2) is 10.6. The third kappa shape index (κ3) is 6.17. The first-order chi connectivity index (χ1) is 11.5. The first-order valence-electron chi connectivity index (χ1n) is 7.24. The van der Waals surface area contributed by atoms with Crippen molar-refractivity contribution in [3.8, 4) is 0 Å². The maximum atomic E-state index is 12.0. The van der Waals surface area contributed by atoms with E-state index in [1.165, 1.54) is 0 Å². The van der Waals surface area contributed by atoms with E-state index in [0.717, 1.165) is 7.11 Å².